The summed E-state index contributed by atoms with van der Waals surface area (Å²) in [5, 5.41) is 12.0. The Morgan fingerprint density at radius 1 is 1.03 bits per heavy atom. The van der Waals surface area contributed by atoms with Gasteiger partial charge in [-0.1, -0.05) is 33.3 Å². The molecule has 0 aromatic rings. The van der Waals surface area contributed by atoms with Crippen LogP contribution >= 0.6 is 0 Å². The highest BCUT2D eigenvalue weighted by Crippen LogP contribution is 2.69. The molecule has 1 amide bonds. The van der Waals surface area contributed by atoms with E-state index in [1.165, 1.54) is 17.1 Å². The Bertz CT molecular complexity index is 899. The van der Waals surface area contributed by atoms with E-state index in [1.54, 1.807) is 14.2 Å². The van der Waals surface area contributed by atoms with E-state index in [0.717, 1.165) is 51.4 Å². The summed E-state index contributed by atoms with van der Waals surface area (Å²) >= 11 is 0. The zero-order valence-electron chi connectivity index (χ0n) is 22.1. The van der Waals surface area contributed by atoms with Gasteiger partial charge < -0.3 is 5.11 Å². The molecule has 0 aliphatic heterocycles. The van der Waals surface area contributed by atoms with E-state index in [0.29, 0.717) is 23.5 Å². The molecule has 0 spiro atoms. The van der Waals surface area contributed by atoms with Crippen LogP contribution in [0.15, 0.2) is 11.6 Å². The number of ketones is 1. The van der Waals surface area contributed by atoms with Crippen LogP contribution in [-0.4, -0.2) is 42.1 Å². The molecule has 4 fully saturated rings. The molecule has 10 unspecified atom stereocenters. The molecule has 5 aliphatic carbocycles. The SMILES string of the molecule is CON(C)C(=O)C1CCC2(C)CCC3C(=CC(=O)C4C3(C)CCC3C(C)C(O)CCC34C)C2C1. The number of allylic oxidation sites excluding steroid dienone is 2. The van der Waals surface area contributed by atoms with Crippen LogP contribution < -0.4 is 0 Å². The molecule has 10 atom stereocenters. The van der Waals surface area contributed by atoms with Gasteiger partial charge in [-0.2, -0.15) is 0 Å². The standard InChI is InChI=1S/C29H45NO4/c1-17-20-9-13-29(4)21-8-12-27(2)11-7-18(26(33)30(5)34-6)15-22(27)19(21)16-24(32)25(29)28(20,3)14-10-23(17)31/h16-18,20-23,25,31H,7-15H2,1-6H3. The summed E-state index contributed by atoms with van der Waals surface area (Å²) in [6.45, 7) is 9.38. The van der Waals surface area contributed by atoms with Crippen molar-refractivity contribution in [2.45, 2.75) is 91.6 Å². The van der Waals surface area contributed by atoms with Gasteiger partial charge in [0, 0.05) is 18.9 Å². The number of aliphatic hydroxyl groups excluding tert-OH is 1. The van der Waals surface area contributed by atoms with E-state index in [-0.39, 0.29) is 46.0 Å². The molecule has 34 heavy (non-hydrogen) atoms. The van der Waals surface area contributed by atoms with Crippen molar-refractivity contribution in [2.24, 2.45) is 51.8 Å². The van der Waals surface area contributed by atoms with E-state index in [1.807, 2.05) is 0 Å². The number of aliphatic hydroxyl groups is 1. The molecule has 4 saturated carbocycles. The summed E-state index contributed by atoms with van der Waals surface area (Å²) in [5.74, 6) is 1.84. The van der Waals surface area contributed by atoms with Crippen LogP contribution in [0.4, 0.5) is 0 Å². The molecule has 0 saturated heterocycles. The molecular formula is C29H45NO4. The maximum absolute atomic E-state index is 14.1. The average molecular weight is 472 g/mol. The van der Waals surface area contributed by atoms with Gasteiger partial charge in [0.2, 0.25) is 5.91 Å². The maximum Gasteiger partial charge on any atom is 0.248 e. The van der Waals surface area contributed by atoms with Crippen molar-refractivity contribution in [3.05, 3.63) is 11.6 Å². The van der Waals surface area contributed by atoms with Gasteiger partial charge in [0.25, 0.3) is 0 Å². The summed E-state index contributed by atoms with van der Waals surface area (Å²) in [6, 6.07) is 0. The van der Waals surface area contributed by atoms with Crippen LogP contribution in [0.25, 0.3) is 0 Å². The lowest BCUT2D eigenvalue weighted by molar-refractivity contribution is -0.177. The summed E-state index contributed by atoms with van der Waals surface area (Å²) in [7, 11) is 3.25. The molecule has 190 valence electrons. The lowest BCUT2D eigenvalue weighted by Crippen LogP contribution is -2.62. The van der Waals surface area contributed by atoms with Gasteiger partial charge in [0.15, 0.2) is 5.78 Å². The Morgan fingerprint density at radius 3 is 2.41 bits per heavy atom. The average Bonchev–Trinajstić information content (AvgIpc) is 2.79. The number of amides is 1. The van der Waals surface area contributed by atoms with Crippen LogP contribution in [0.1, 0.15) is 85.5 Å². The predicted molar refractivity (Wildman–Crippen MR) is 131 cm³/mol. The number of carbonyl (C=O) groups excluding carboxylic acids is 2. The number of hydrogen-bond acceptors (Lipinski definition) is 4. The van der Waals surface area contributed by atoms with Crippen molar-refractivity contribution >= 4 is 11.7 Å². The summed E-state index contributed by atoms with van der Waals surface area (Å²) in [6.07, 6.45) is 10.9. The highest BCUT2D eigenvalue weighted by Gasteiger charge is 2.64. The second kappa shape index (κ2) is 8.16. The molecule has 5 aliphatic rings. The van der Waals surface area contributed by atoms with Crippen molar-refractivity contribution in [3.63, 3.8) is 0 Å². The zero-order valence-corrected chi connectivity index (χ0v) is 22.1. The molecule has 1 N–H and O–H groups in total. The van der Waals surface area contributed by atoms with Gasteiger partial charge >= 0.3 is 0 Å². The summed E-state index contributed by atoms with van der Waals surface area (Å²) in [5.41, 5.74) is 1.49. The Balaban J connectivity index is 1.50. The maximum atomic E-state index is 14.1. The molecular weight excluding hydrogens is 426 g/mol. The molecule has 0 bridgehead atoms. The first-order chi connectivity index (χ1) is 16.0. The topological polar surface area (TPSA) is 66.8 Å². The van der Waals surface area contributed by atoms with Crippen molar-refractivity contribution in [3.8, 4) is 0 Å². The van der Waals surface area contributed by atoms with E-state index >= 15 is 0 Å². The molecule has 5 heteroatoms. The molecule has 0 heterocycles. The first-order valence-electron chi connectivity index (χ1n) is 13.7. The number of rotatable bonds is 2. The van der Waals surface area contributed by atoms with Crippen molar-refractivity contribution in [2.75, 3.05) is 14.2 Å². The Morgan fingerprint density at radius 2 is 1.71 bits per heavy atom. The van der Waals surface area contributed by atoms with Crippen molar-refractivity contribution < 1.29 is 19.5 Å². The molecule has 5 nitrogen and oxygen atoms in total. The predicted octanol–water partition coefficient (Wildman–Crippen LogP) is 5.18. The highest BCUT2D eigenvalue weighted by molar-refractivity contribution is 5.95. The van der Waals surface area contributed by atoms with Crippen LogP contribution in [0.2, 0.25) is 0 Å². The number of nitrogens with zero attached hydrogens (tertiary/aromatic N) is 1. The first-order valence-corrected chi connectivity index (χ1v) is 13.7. The summed E-state index contributed by atoms with van der Waals surface area (Å²) < 4.78 is 0. The first kappa shape index (κ1) is 24.5. The number of fused-ring (bicyclic) bond motifs is 7. The van der Waals surface area contributed by atoms with Crippen molar-refractivity contribution in [1.82, 2.24) is 5.06 Å². The minimum absolute atomic E-state index is 0.0178. The lowest BCUT2D eigenvalue weighted by Gasteiger charge is -2.65. The fourth-order valence-corrected chi connectivity index (χ4v) is 9.93. The third-order valence-electron chi connectivity index (χ3n) is 11.9. The van der Waals surface area contributed by atoms with Gasteiger partial charge in [-0.05, 0) is 104 Å². The smallest absolute Gasteiger partial charge is 0.248 e. The number of carbonyl (C=O) groups is 2. The highest BCUT2D eigenvalue weighted by atomic mass is 16.7. The van der Waals surface area contributed by atoms with Gasteiger partial charge in [-0.25, -0.2) is 5.06 Å². The van der Waals surface area contributed by atoms with Gasteiger partial charge in [-0.3, -0.25) is 14.4 Å². The van der Waals surface area contributed by atoms with Crippen molar-refractivity contribution in [1.29, 1.82) is 0 Å². The summed E-state index contributed by atoms with van der Waals surface area (Å²) in [4.78, 5) is 32.2. The Kier molecular flexibility index (Phi) is 5.88. The second-order valence-electron chi connectivity index (χ2n) is 13.4. The fourth-order valence-electron chi connectivity index (χ4n) is 9.93. The van der Waals surface area contributed by atoms with Gasteiger partial charge in [0.1, 0.15) is 0 Å². The minimum Gasteiger partial charge on any atom is -0.393 e. The van der Waals surface area contributed by atoms with Gasteiger partial charge in [0.05, 0.1) is 13.2 Å². The Hall–Kier alpha value is -1.20. The molecule has 5 rings (SSSR count). The molecule has 0 aromatic heterocycles. The van der Waals surface area contributed by atoms with E-state index < -0.39 is 0 Å². The molecule has 0 radical (unpaired) electrons. The number of hydroxylamine groups is 2. The van der Waals surface area contributed by atoms with Gasteiger partial charge in [-0.15, -0.1) is 0 Å². The monoisotopic (exact) mass is 471 g/mol. The van der Waals surface area contributed by atoms with E-state index in [4.69, 9.17) is 4.84 Å². The van der Waals surface area contributed by atoms with E-state index in [2.05, 4.69) is 33.8 Å². The van der Waals surface area contributed by atoms with E-state index in [9.17, 15) is 14.7 Å². The normalized spacial score (nSPS) is 50.3. The van der Waals surface area contributed by atoms with Crippen LogP contribution in [0.3, 0.4) is 0 Å². The van der Waals surface area contributed by atoms with Crippen LogP contribution in [0, 0.1) is 51.8 Å². The minimum atomic E-state index is -0.232. The number of hydrogen-bond donors (Lipinski definition) is 1. The second-order valence-corrected chi connectivity index (χ2v) is 13.4. The van der Waals surface area contributed by atoms with Crippen LogP contribution in [0.5, 0.6) is 0 Å². The Labute approximate surface area is 205 Å². The fraction of sp³-hybridized carbons (Fsp3) is 0.862. The third-order valence-corrected chi connectivity index (χ3v) is 11.9. The van der Waals surface area contributed by atoms with Crippen LogP contribution in [-0.2, 0) is 14.4 Å². The lowest BCUT2D eigenvalue weighted by atomic mass is 9.38. The zero-order chi connectivity index (χ0) is 24.6. The largest absolute Gasteiger partial charge is 0.393 e. The third kappa shape index (κ3) is 3.32. The molecule has 0 aromatic carbocycles. The quantitative estimate of drug-likeness (QED) is 0.564.